The van der Waals surface area contributed by atoms with Crippen LogP contribution in [0.2, 0.25) is 0 Å². The van der Waals surface area contributed by atoms with Gasteiger partial charge in [-0.3, -0.25) is 0 Å². The van der Waals surface area contributed by atoms with Crippen LogP contribution < -0.4 is 5.32 Å². The van der Waals surface area contributed by atoms with Crippen molar-refractivity contribution < 1.29 is 5.11 Å². The summed E-state index contributed by atoms with van der Waals surface area (Å²) in [6, 6.07) is 0. The smallest absolute Gasteiger partial charge is 0.0473 e. The molecule has 2 N–H and O–H groups in total. The number of hydrogen-bond donors (Lipinski definition) is 2. The van der Waals surface area contributed by atoms with E-state index < -0.39 is 0 Å². The summed E-state index contributed by atoms with van der Waals surface area (Å²) in [4.78, 5) is 0. The van der Waals surface area contributed by atoms with Crippen molar-refractivity contribution in [3.8, 4) is 0 Å². The maximum Gasteiger partial charge on any atom is 0.0473 e. The molecular formula is C12H21NO. The molecule has 0 bridgehead atoms. The third-order valence-corrected chi connectivity index (χ3v) is 1.87. The van der Waals surface area contributed by atoms with Gasteiger partial charge in [-0.05, 0) is 31.4 Å². The van der Waals surface area contributed by atoms with Crippen molar-refractivity contribution >= 4 is 0 Å². The molecule has 0 heterocycles. The normalized spacial score (nSPS) is 15.1. The predicted octanol–water partition coefficient (Wildman–Crippen LogP) is 2.24. The zero-order chi connectivity index (χ0) is 11.0. The second-order valence-electron chi connectivity index (χ2n) is 3.64. The maximum absolute atomic E-state index is 8.83. The number of rotatable bonds is 6. The van der Waals surface area contributed by atoms with E-state index in [1.807, 2.05) is 26.8 Å². The van der Waals surface area contributed by atoms with Gasteiger partial charge in [0.25, 0.3) is 0 Å². The highest BCUT2D eigenvalue weighted by Crippen LogP contribution is 2.00. The standard InChI is InChI=1S/C12H21NO/c1-5-6-10(2)7-12(4)13-8-11(3)9-14/h5-7,11,13-14H,1,8-9H2,2-4H3/b10-6+,12-7+. The van der Waals surface area contributed by atoms with E-state index in [0.29, 0.717) is 5.92 Å². The molecule has 0 rings (SSSR count). The van der Waals surface area contributed by atoms with E-state index in [9.17, 15) is 0 Å². The number of aliphatic hydroxyl groups is 1. The van der Waals surface area contributed by atoms with Crippen LogP contribution in [0.25, 0.3) is 0 Å². The first-order chi connectivity index (χ1) is 6.60. The first-order valence-electron chi connectivity index (χ1n) is 4.92. The number of hydrogen-bond acceptors (Lipinski definition) is 2. The predicted molar refractivity (Wildman–Crippen MR) is 62.0 cm³/mol. The minimum Gasteiger partial charge on any atom is -0.396 e. The average molecular weight is 195 g/mol. The van der Waals surface area contributed by atoms with Crippen LogP contribution in [0.15, 0.2) is 36.1 Å². The molecule has 2 nitrogen and oxygen atoms in total. The molecule has 80 valence electrons. The summed E-state index contributed by atoms with van der Waals surface area (Å²) in [6.45, 7) is 10.7. The molecule has 0 aromatic rings. The van der Waals surface area contributed by atoms with Gasteiger partial charge < -0.3 is 10.4 Å². The van der Waals surface area contributed by atoms with Gasteiger partial charge in [-0.25, -0.2) is 0 Å². The second kappa shape index (κ2) is 7.39. The van der Waals surface area contributed by atoms with Gasteiger partial charge in [0.1, 0.15) is 0 Å². The summed E-state index contributed by atoms with van der Waals surface area (Å²) >= 11 is 0. The van der Waals surface area contributed by atoms with Gasteiger partial charge in [0.2, 0.25) is 0 Å². The van der Waals surface area contributed by atoms with Gasteiger partial charge in [-0.1, -0.05) is 25.7 Å². The highest BCUT2D eigenvalue weighted by Gasteiger charge is 1.98. The van der Waals surface area contributed by atoms with Crippen molar-refractivity contribution in [2.45, 2.75) is 20.8 Å². The third kappa shape index (κ3) is 6.49. The Morgan fingerprint density at radius 1 is 1.50 bits per heavy atom. The molecule has 0 aromatic heterocycles. The monoisotopic (exact) mass is 195 g/mol. The van der Waals surface area contributed by atoms with Gasteiger partial charge in [0, 0.05) is 18.8 Å². The van der Waals surface area contributed by atoms with Gasteiger partial charge in [-0.15, -0.1) is 0 Å². The molecule has 0 saturated heterocycles. The SMILES string of the molecule is C=C/C=C(C)/C=C(\C)NCC(C)CO. The molecule has 0 saturated carbocycles. The van der Waals surface area contributed by atoms with Crippen molar-refractivity contribution in [2.24, 2.45) is 5.92 Å². The molecule has 0 aliphatic rings. The van der Waals surface area contributed by atoms with Crippen LogP contribution in [-0.2, 0) is 0 Å². The van der Waals surface area contributed by atoms with E-state index >= 15 is 0 Å². The van der Waals surface area contributed by atoms with Crippen molar-refractivity contribution in [2.75, 3.05) is 13.2 Å². The molecular weight excluding hydrogens is 174 g/mol. The third-order valence-electron chi connectivity index (χ3n) is 1.87. The molecule has 1 unspecified atom stereocenters. The minimum atomic E-state index is 0.224. The van der Waals surface area contributed by atoms with Crippen LogP contribution in [0.1, 0.15) is 20.8 Å². The fourth-order valence-electron chi connectivity index (χ4n) is 1.03. The molecule has 14 heavy (non-hydrogen) atoms. The Balaban J connectivity index is 4.00. The van der Waals surface area contributed by atoms with Crippen LogP contribution in [-0.4, -0.2) is 18.3 Å². The Hall–Kier alpha value is -1.02. The molecule has 0 aromatic carbocycles. The Bertz CT molecular complexity index is 228. The fraction of sp³-hybridized carbons (Fsp3) is 0.500. The van der Waals surface area contributed by atoms with Crippen molar-refractivity contribution in [3.63, 3.8) is 0 Å². The van der Waals surface area contributed by atoms with Crippen molar-refractivity contribution in [3.05, 3.63) is 36.1 Å². The van der Waals surface area contributed by atoms with Crippen LogP contribution >= 0.6 is 0 Å². The molecule has 0 aliphatic carbocycles. The number of nitrogens with one attached hydrogen (secondary N) is 1. The first-order valence-corrected chi connectivity index (χ1v) is 4.92. The quantitative estimate of drug-likeness (QED) is 0.637. The van der Waals surface area contributed by atoms with Crippen molar-refractivity contribution in [1.82, 2.24) is 5.32 Å². The summed E-state index contributed by atoms with van der Waals surface area (Å²) in [5, 5.41) is 12.1. The molecule has 1 atom stereocenters. The second-order valence-corrected chi connectivity index (χ2v) is 3.64. The Morgan fingerprint density at radius 2 is 2.14 bits per heavy atom. The zero-order valence-corrected chi connectivity index (χ0v) is 9.38. The Kier molecular flexibility index (Phi) is 6.85. The summed E-state index contributed by atoms with van der Waals surface area (Å²) < 4.78 is 0. The lowest BCUT2D eigenvalue weighted by Gasteiger charge is -2.10. The van der Waals surface area contributed by atoms with E-state index in [4.69, 9.17) is 5.11 Å². The van der Waals surface area contributed by atoms with E-state index in [0.717, 1.165) is 12.2 Å². The average Bonchev–Trinajstić information content (AvgIpc) is 2.14. The van der Waals surface area contributed by atoms with Crippen LogP contribution in [0, 0.1) is 5.92 Å². The van der Waals surface area contributed by atoms with Crippen LogP contribution in [0.5, 0.6) is 0 Å². The fourth-order valence-corrected chi connectivity index (χ4v) is 1.03. The topological polar surface area (TPSA) is 32.3 Å². The lowest BCUT2D eigenvalue weighted by Crippen LogP contribution is -2.21. The molecule has 0 spiro atoms. The summed E-state index contributed by atoms with van der Waals surface area (Å²) in [5.74, 6) is 0.294. The molecule has 0 amide bonds. The lowest BCUT2D eigenvalue weighted by molar-refractivity contribution is 0.236. The summed E-state index contributed by atoms with van der Waals surface area (Å²) in [6.07, 6.45) is 5.79. The van der Waals surface area contributed by atoms with E-state index in [1.54, 1.807) is 6.08 Å². The molecule has 0 aliphatic heterocycles. The Labute approximate surface area is 87.0 Å². The minimum absolute atomic E-state index is 0.224. The molecule has 0 fully saturated rings. The lowest BCUT2D eigenvalue weighted by atomic mass is 10.2. The molecule has 0 radical (unpaired) electrons. The maximum atomic E-state index is 8.83. The van der Waals surface area contributed by atoms with Crippen molar-refractivity contribution in [1.29, 1.82) is 0 Å². The highest BCUT2D eigenvalue weighted by atomic mass is 16.3. The summed E-state index contributed by atoms with van der Waals surface area (Å²) in [5.41, 5.74) is 2.28. The first kappa shape index (κ1) is 13.0. The van der Waals surface area contributed by atoms with Gasteiger partial charge in [0.05, 0.1) is 0 Å². The van der Waals surface area contributed by atoms with Crippen LogP contribution in [0.4, 0.5) is 0 Å². The molecule has 2 heteroatoms. The van der Waals surface area contributed by atoms with E-state index in [2.05, 4.69) is 18.0 Å². The Morgan fingerprint density at radius 3 is 2.64 bits per heavy atom. The van der Waals surface area contributed by atoms with E-state index in [1.165, 1.54) is 5.57 Å². The number of allylic oxidation sites excluding steroid dienone is 5. The van der Waals surface area contributed by atoms with Gasteiger partial charge in [0.15, 0.2) is 0 Å². The largest absolute Gasteiger partial charge is 0.396 e. The van der Waals surface area contributed by atoms with Gasteiger partial charge >= 0.3 is 0 Å². The van der Waals surface area contributed by atoms with Gasteiger partial charge in [-0.2, -0.15) is 0 Å². The summed E-state index contributed by atoms with van der Waals surface area (Å²) in [7, 11) is 0. The number of aliphatic hydroxyl groups excluding tert-OH is 1. The van der Waals surface area contributed by atoms with Crippen LogP contribution in [0.3, 0.4) is 0 Å². The highest BCUT2D eigenvalue weighted by molar-refractivity contribution is 5.23. The van der Waals surface area contributed by atoms with E-state index in [-0.39, 0.29) is 6.61 Å². The zero-order valence-electron chi connectivity index (χ0n) is 9.38.